The highest BCUT2D eigenvalue weighted by molar-refractivity contribution is 6.20. The molecule has 2 amide bonds. The summed E-state index contributed by atoms with van der Waals surface area (Å²) in [5.74, 6) is 1.18. The van der Waals surface area contributed by atoms with E-state index in [0.29, 0.717) is 38.5 Å². The Morgan fingerprint density at radius 3 is 2.10 bits per heavy atom. The van der Waals surface area contributed by atoms with Crippen LogP contribution >= 0.6 is 11.6 Å². The summed E-state index contributed by atoms with van der Waals surface area (Å²) >= 11 is 6.12. The van der Waals surface area contributed by atoms with Gasteiger partial charge in [-0.15, -0.1) is 11.6 Å². The lowest BCUT2D eigenvalue weighted by atomic mass is 9.69. The number of piperazine rings is 1. The number of hydrogen-bond acceptors (Lipinski definition) is 2. The van der Waals surface area contributed by atoms with Gasteiger partial charge in [0.1, 0.15) is 6.17 Å². The van der Waals surface area contributed by atoms with E-state index >= 15 is 0 Å². The largest absolute Gasteiger partial charge is 0.339 e. The van der Waals surface area contributed by atoms with Gasteiger partial charge in [-0.1, -0.05) is 13.3 Å². The quantitative estimate of drug-likeness (QED) is 0.627. The molecule has 3 atom stereocenters. The number of carbonyl (C=O) groups excluding carboxylic acids is 2. The Labute approximate surface area is 179 Å². The average Bonchev–Trinajstić information content (AvgIpc) is 2.71. The first-order valence-electron chi connectivity index (χ1n) is 11.7. The van der Waals surface area contributed by atoms with Crippen molar-refractivity contribution >= 4 is 23.4 Å². The van der Waals surface area contributed by atoms with Crippen LogP contribution in [0.15, 0.2) is 0 Å². The molecule has 6 heteroatoms. The third-order valence-corrected chi connectivity index (χ3v) is 8.73. The first-order valence-corrected chi connectivity index (χ1v) is 12.2. The van der Waals surface area contributed by atoms with Gasteiger partial charge in [-0.05, 0) is 69.6 Å². The lowest BCUT2D eigenvalue weighted by Crippen LogP contribution is -2.56. The summed E-state index contributed by atoms with van der Waals surface area (Å²) in [6.07, 6.45) is 8.39. The topological polar surface area (TPSA) is 40.6 Å². The zero-order valence-corrected chi connectivity index (χ0v) is 18.5. The molecular formula is C23H36ClFN2O2. The fourth-order valence-electron chi connectivity index (χ4n) is 6.11. The van der Waals surface area contributed by atoms with Gasteiger partial charge in [0.15, 0.2) is 0 Å². The van der Waals surface area contributed by atoms with Crippen LogP contribution in [-0.4, -0.2) is 59.3 Å². The van der Waals surface area contributed by atoms with E-state index in [1.807, 2.05) is 9.80 Å². The van der Waals surface area contributed by atoms with E-state index in [1.165, 1.54) is 0 Å². The molecule has 0 N–H and O–H groups in total. The van der Waals surface area contributed by atoms with Crippen LogP contribution in [0, 0.1) is 23.2 Å². The normalized spacial score (nSPS) is 37.7. The van der Waals surface area contributed by atoms with E-state index in [1.54, 1.807) is 0 Å². The molecule has 0 aromatic rings. The maximum absolute atomic E-state index is 14.5. The summed E-state index contributed by atoms with van der Waals surface area (Å²) in [7, 11) is 0. The maximum Gasteiger partial charge on any atom is 0.228 e. The van der Waals surface area contributed by atoms with Crippen molar-refractivity contribution in [2.24, 2.45) is 23.2 Å². The number of halogens is 2. The predicted octanol–water partition coefficient (Wildman–Crippen LogP) is 4.40. The molecule has 3 saturated carbocycles. The van der Waals surface area contributed by atoms with Gasteiger partial charge in [0.05, 0.1) is 0 Å². The molecule has 3 unspecified atom stereocenters. The number of rotatable bonds is 3. The van der Waals surface area contributed by atoms with Crippen LogP contribution in [0.5, 0.6) is 0 Å². The average molecular weight is 427 g/mol. The fraction of sp³-hybridized carbons (Fsp3) is 0.913. The van der Waals surface area contributed by atoms with Crippen molar-refractivity contribution in [3.05, 3.63) is 0 Å². The fourth-order valence-corrected chi connectivity index (χ4v) is 6.40. The molecule has 0 bridgehead atoms. The maximum atomic E-state index is 14.5. The van der Waals surface area contributed by atoms with Crippen molar-refractivity contribution < 1.29 is 14.0 Å². The molecular weight excluding hydrogens is 391 g/mol. The van der Waals surface area contributed by atoms with Crippen molar-refractivity contribution in [2.45, 2.75) is 82.7 Å². The van der Waals surface area contributed by atoms with Crippen molar-refractivity contribution in [1.82, 2.24) is 9.80 Å². The zero-order valence-electron chi connectivity index (χ0n) is 17.8. The monoisotopic (exact) mass is 426 g/mol. The van der Waals surface area contributed by atoms with E-state index in [9.17, 15) is 14.0 Å². The Morgan fingerprint density at radius 2 is 1.55 bits per heavy atom. The number of nitrogens with zero attached hydrogens (tertiary/aromatic N) is 2. The van der Waals surface area contributed by atoms with E-state index < -0.39 is 6.17 Å². The smallest absolute Gasteiger partial charge is 0.228 e. The van der Waals surface area contributed by atoms with E-state index in [0.717, 1.165) is 57.8 Å². The molecule has 4 nitrogen and oxygen atoms in total. The van der Waals surface area contributed by atoms with Gasteiger partial charge in [-0.3, -0.25) is 9.59 Å². The molecule has 164 valence electrons. The summed E-state index contributed by atoms with van der Waals surface area (Å²) in [5.41, 5.74) is -0.151. The lowest BCUT2D eigenvalue weighted by molar-refractivity contribution is -0.151. The van der Waals surface area contributed by atoms with E-state index in [-0.39, 0.29) is 34.4 Å². The van der Waals surface area contributed by atoms with Gasteiger partial charge in [0.2, 0.25) is 11.8 Å². The standard InChI is InChI=1S/C23H36ClFN2O2/c1-23(9-2-10-23)22(29)27-13-11-26(12-14-27)21(28)17-5-3-16(4-6-17)19-8-7-18(24)15-20(19)25/h16-20H,2-15H2,1H3. The Hall–Kier alpha value is -0.840. The summed E-state index contributed by atoms with van der Waals surface area (Å²) in [4.78, 5) is 29.6. The number of carbonyl (C=O) groups is 2. The van der Waals surface area contributed by atoms with E-state index in [2.05, 4.69) is 6.92 Å². The molecule has 4 aliphatic rings. The molecule has 1 aliphatic heterocycles. The first kappa shape index (κ1) is 21.4. The highest BCUT2D eigenvalue weighted by Crippen LogP contribution is 2.43. The first-order chi connectivity index (χ1) is 13.9. The minimum absolute atomic E-state index is 0.00315. The highest BCUT2D eigenvalue weighted by atomic mass is 35.5. The van der Waals surface area contributed by atoms with Crippen molar-refractivity contribution in [1.29, 1.82) is 0 Å². The molecule has 1 saturated heterocycles. The molecule has 4 fully saturated rings. The van der Waals surface area contributed by atoms with Crippen LogP contribution in [0.3, 0.4) is 0 Å². The lowest BCUT2D eigenvalue weighted by Gasteiger charge is -2.44. The molecule has 0 aromatic heterocycles. The van der Waals surface area contributed by atoms with Crippen molar-refractivity contribution in [2.75, 3.05) is 26.2 Å². The predicted molar refractivity (Wildman–Crippen MR) is 112 cm³/mol. The molecule has 4 rings (SSSR count). The molecule has 0 aromatic carbocycles. The summed E-state index contributed by atoms with van der Waals surface area (Å²) in [6.45, 7) is 4.73. The van der Waals surface area contributed by atoms with Crippen LogP contribution in [0.1, 0.15) is 71.1 Å². The van der Waals surface area contributed by atoms with Crippen LogP contribution in [0.25, 0.3) is 0 Å². The molecule has 29 heavy (non-hydrogen) atoms. The Balaban J connectivity index is 1.23. The van der Waals surface area contributed by atoms with Crippen LogP contribution in [0.4, 0.5) is 4.39 Å². The highest BCUT2D eigenvalue weighted by Gasteiger charge is 2.43. The van der Waals surface area contributed by atoms with Crippen molar-refractivity contribution in [3.8, 4) is 0 Å². The number of hydrogen-bond donors (Lipinski definition) is 0. The number of amides is 2. The van der Waals surface area contributed by atoms with Crippen LogP contribution in [0.2, 0.25) is 0 Å². The second-order valence-corrected chi connectivity index (χ2v) is 10.9. The summed E-state index contributed by atoms with van der Waals surface area (Å²) in [5, 5.41) is -0.00315. The van der Waals surface area contributed by atoms with Gasteiger partial charge in [-0.2, -0.15) is 0 Å². The second-order valence-electron chi connectivity index (χ2n) is 10.2. The Kier molecular flexibility index (Phi) is 6.44. The minimum Gasteiger partial charge on any atom is -0.339 e. The molecule has 3 aliphatic carbocycles. The Morgan fingerprint density at radius 1 is 0.931 bits per heavy atom. The Bertz CT molecular complexity index is 610. The van der Waals surface area contributed by atoms with Crippen LogP contribution in [-0.2, 0) is 9.59 Å². The van der Waals surface area contributed by atoms with E-state index in [4.69, 9.17) is 11.6 Å². The molecule has 0 spiro atoms. The molecule has 0 radical (unpaired) electrons. The zero-order chi connectivity index (χ0) is 20.6. The SMILES string of the molecule is CC1(C(=O)N2CCN(C(=O)C3CCC(C4CCC(Cl)CC4F)CC3)CC2)CCC1. The second kappa shape index (κ2) is 8.72. The molecule has 1 heterocycles. The van der Waals surface area contributed by atoms with Crippen molar-refractivity contribution in [3.63, 3.8) is 0 Å². The third-order valence-electron chi connectivity index (χ3n) is 8.34. The van der Waals surface area contributed by atoms with Gasteiger partial charge >= 0.3 is 0 Å². The summed E-state index contributed by atoms with van der Waals surface area (Å²) < 4.78 is 14.5. The number of alkyl halides is 2. The van der Waals surface area contributed by atoms with Gasteiger partial charge in [-0.25, -0.2) is 4.39 Å². The van der Waals surface area contributed by atoms with Gasteiger partial charge in [0, 0.05) is 42.9 Å². The van der Waals surface area contributed by atoms with Gasteiger partial charge < -0.3 is 9.80 Å². The minimum atomic E-state index is -0.772. The van der Waals surface area contributed by atoms with Crippen LogP contribution < -0.4 is 0 Å². The summed E-state index contributed by atoms with van der Waals surface area (Å²) in [6, 6.07) is 0. The third kappa shape index (κ3) is 4.45. The van der Waals surface area contributed by atoms with Gasteiger partial charge in [0.25, 0.3) is 0 Å².